The standard InChI is InChI=1S/C14H22N8O2/c1-15-13(23)21(3)19-17-9-11-7-5-6-8-12(11)10-18-20-22(4)14(24)16-2/h5-8H,9-10H2,1-4H3,(H,15,23)(H,16,24). The number of hydrogen-bond donors (Lipinski definition) is 2. The molecule has 0 aromatic heterocycles. The van der Waals surface area contributed by atoms with Crippen LogP contribution in [0, 0.1) is 0 Å². The first kappa shape index (κ1) is 19.0. The maximum atomic E-state index is 11.3. The Morgan fingerprint density at radius 3 is 1.58 bits per heavy atom. The number of hydrogen-bond acceptors (Lipinski definition) is 6. The maximum Gasteiger partial charge on any atom is 0.338 e. The van der Waals surface area contributed by atoms with Gasteiger partial charge in [-0.15, -0.1) is 0 Å². The van der Waals surface area contributed by atoms with Gasteiger partial charge in [-0.05, 0) is 11.1 Å². The van der Waals surface area contributed by atoms with Crippen LogP contribution in [0.1, 0.15) is 11.1 Å². The topological polar surface area (TPSA) is 114 Å². The van der Waals surface area contributed by atoms with Crippen molar-refractivity contribution in [2.45, 2.75) is 13.1 Å². The van der Waals surface area contributed by atoms with Gasteiger partial charge < -0.3 is 10.6 Å². The van der Waals surface area contributed by atoms with E-state index in [2.05, 4.69) is 31.3 Å². The average Bonchev–Trinajstić information content (AvgIpc) is 2.61. The maximum absolute atomic E-state index is 11.3. The molecule has 1 aromatic rings. The van der Waals surface area contributed by atoms with E-state index in [4.69, 9.17) is 0 Å². The fourth-order valence-corrected chi connectivity index (χ4v) is 1.68. The number of benzene rings is 1. The van der Waals surface area contributed by atoms with Gasteiger partial charge in [0.1, 0.15) is 0 Å². The number of nitrogens with zero attached hydrogens (tertiary/aromatic N) is 6. The Bertz CT molecular complexity index is 564. The molecule has 10 nitrogen and oxygen atoms in total. The van der Waals surface area contributed by atoms with Crippen LogP contribution in [0.3, 0.4) is 0 Å². The van der Waals surface area contributed by atoms with Gasteiger partial charge in [-0.2, -0.15) is 10.2 Å². The lowest BCUT2D eigenvalue weighted by Crippen LogP contribution is -2.30. The van der Waals surface area contributed by atoms with Crippen LogP contribution in [0.25, 0.3) is 0 Å². The molecule has 0 aliphatic rings. The van der Waals surface area contributed by atoms with Crippen LogP contribution in [0.5, 0.6) is 0 Å². The summed E-state index contributed by atoms with van der Waals surface area (Å²) in [6, 6.07) is 6.85. The van der Waals surface area contributed by atoms with E-state index >= 15 is 0 Å². The van der Waals surface area contributed by atoms with Crippen molar-refractivity contribution in [3.8, 4) is 0 Å². The SMILES string of the molecule is CNC(=O)N(C)N=NCc1ccccc1CN=NN(C)C(=O)NC. The van der Waals surface area contributed by atoms with Crippen LogP contribution in [-0.2, 0) is 13.1 Å². The molecule has 0 aliphatic carbocycles. The highest BCUT2D eigenvalue weighted by Crippen LogP contribution is 2.12. The lowest BCUT2D eigenvalue weighted by Gasteiger charge is -2.09. The first-order valence-corrected chi connectivity index (χ1v) is 7.22. The number of carbonyl (C=O) groups is 2. The second kappa shape index (κ2) is 9.87. The van der Waals surface area contributed by atoms with Crippen LogP contribution in [0.4, 0.5) is 9.59 Å². The van der Waals surface area contributed by atoms with Gasteiger partial charge in [0, 0.05) is 28.2 Å². The van der Waals surface area contributed by atoms with Crippen molar-refractivity contribution < 1.29 is 9.59 Å². The molecule has 0 aliphatic heterocycles. The van der Waals surface area contributed by atoms with E-state index in [-0.39, 0.29) is 12.1 Å². The van der Waals surface area contributed by atoms with Crippen LogP contribution in [0.2, 0.25) is 0 Å². The molecule has 1 aromatic carbocycles. The number of amides is 4. The van der Waals surface area contributed by atoms with Crippen molar-refractivity contribution >= 4 is 12.1 Å². The fourth-order valence-electron chi connectivity index (χ4n) is 1.68. The smallest absolute Gasteiger partial charge is 0.338 e. The van der Waals surface area contributed by atoms with Gasteiger partial charge in [0.05, 0.1) is 13.1 Å². The summed E-state index contributed by atoms with van der Waals surface area (Å²) in [6.45, 7) is 0.608. The van der Waals surface area contributed by atoms with E-state index in [0.29, 0.717) is 13.1 Å². The summed E-state index contributed by atoms with van der Waals surface area (Å²) in [5, 5.41) is 22.7. The largest absolute Gasteiger partial charge is 0.340 e. The highest BCUT2D eigenvalue weighted by Gasteiger charge is 2.05. The lowest BCUT2D eigenvalue weighted by atomic mass is 10.1. The first-order valence-electron chi connectivity index (χ1n) is 7.22. The third kappa shape index (κ3) is 5.99. The van der Waals surface area contributed by atoms with E-state index < -0.39 is 0 Å². The van der Waals surface area contributed by atoms with Crippen LogP contribution in [0.15, 0.2) is 44.9 Å². The highest BCUT2D eigenvalue weighted by molar-refractivity contribution is 5.73. The molecule has 0 atom stereocenters. The molecule has 0 fully saturated rings. The molecule has 0 spiro atoms. The average molecular weight is 334 g/mol. The minimum absolute atomic E-state index is 0.304. The molecule has 0 unspecified atom stereocenters. The molecule has 130 valence electrons. The van der Waals surface area contributed by atoms with Crippen molar-refractivity contribution in [2.24, 2.45) is 20.7 Å². The van der Waals surface area contributed by atoms with E-state index in [0.717, 1.165) is 21.1 Å². The molecule has 24 heavy (non-hydrogen) atoms. The van der Waals surface area contributed by atoms with E-state index in [9.17, 15) is 9.59 Å². The molecule has 0 radical (unpaired) electrons. The molecule has 2 N–H and O–H groups in total. The van der Waals surface area contributed by atoms with E-state index in [1.807, 2.05) is 24.3 Å². The van der Waals surface area contributed by atoms with Gasteiger partial charge in [-0.3, -0.25) is 0 Å². The second-order valence-corrected chi connectivity index (χ2v) is 4.70. The number of nitrogens with one attached hydrogen (secondary N) is 2. The summed E-state index contributed by atoms with van der Waals surface area (Å²) >= 11 is 0. The van der Waals surface area contributed by atoms with Crippen molar-refractivity contribution in [3.63, 3.8) is 0 Å². The predicted molar refractivity (Wildman–Crippen MR) is 88.0 cm³/mol. The Balaban J connectivity index is 2.68. The Morgan fingerprint density at radius 1 is 0.875 bits per heavy atom. The predicted octanol–water partition coefficient (Wildman–Crippen LogP) is 1.96. The summed E-state index contributed by atoms with van der Waals surface area (Å²) < 4.78 is 0. The minimum atomic E-state index is -0.349. The Kier molecular flexibility index (Phi) is 7.82. The summed E-state index contributed by atoms with van der Waals surface area (Å²) in [7, 11) is 6.06. The Labute approximate surface area is 140 Å². The monoisotopic (exact) mass is 334 g/mol. The number of carbonyl (C=O) groups excluding carboxylic acids is 2. The van der Waals surface area contributed by atoms with Crippen LogP contribution < -0.4 is 10.6 Å². The molecular weight excluding hydrogens is 312 g/mol. The molecule has 0 heterocycles. The number of urea groups is 2. The third-order valence-corrected chi connectivity index (χ3v) is 3.01. The Hall–Kier alpha value is -3.04. The zero-order valence-electron chi connectivity index (χ0n) is 14.2. The van der Waals surface area contributed by atoms with Gasteiger partial charge in [-0.25, -0.2) is 19.6 Å². The van der Waals surface area contributed by atoms with Crippen LogP contribution in [-0.4, -0.2) is 50.3 Å². The summed E-state index contributed by atoms with van der Waals surface area (Å²) in [5.74, 6) is 0. The molecule has 0 bridgehead atoms. The summed E-state index contributed by atoms with van der Waals surface area (Å²) in [6.07, 6.45) is 0. The van der Waals surface area contributed by atoms with Gasteiger partial charge in [0.2, 0.25) is 0 Å². The highest BCUT2D eigenvalue weighted by atomic mass is 16.2. The molecule has 1 rings (SSSR count). The molecule has 4 amide bonds. The normalized spacial score (nSPS) is 10.8. The van der Waals surface area contributed by atoms with Crippen molar-refractivity contribution in [1.29, 1.82) is 0 Å². The van der Waals surface area contributed by atoms with Gasteiger partial charge in [0.25, 0.3) is 0 Å². The summed E-state index contributed by atoms with van der Waals surface area (Å²) in [4.78, 5) is 22.6. The van der Waals surface area contributed by atoms with Crippen molar-refractivity contribution in [1.82, 2.24) is 20.7 Å². The molecule has 10 heteroatoms. The molecule has 0 saturated carbocycles. The second-order valence-electron chi connectivity index (χ2n) is 4.70. The fraction of sp³-hybridized carbons (Fsp3) is 0.429. The zero-order valence-corrected chi connectivity index (χ0v) is 14.2. The van der Waals surface area contributed by atoms with Crippen molar-refractivity contribution in [3.05, 3.63) is 35.4 Å². The third-order valence-electron chi connectivity index (χ3n) is 3.01. The summed E-state index contributed by atoms with van der Waals surface area (Å²) in [5.41, 5.74) is 1.82. The zero-order chi connectivity index (χ0) is 17.9. The van der Waals surface area contributed by atoms with Gasteiger partial charge >= 0.3 is 12.1 Å². The minimum Gasteiger partial charge on any atom is -0.340 e. The first-order chi connectivity index (χ1) is 11.5. The van der Waals surface area contributed by atoms with Gasteiger partial charge in [0.15, 0.2) is 0 Å². The van der Waals surface area contributed by atoms with E-state index in [1.165, 1.54) is 28.2 Å². The molecule has 0 saturated heterocycles. The lowest BCUT2D eigenvalue weighted by molar-refractivity contribution is 0.208. The Morgan fingerprint density at radius 2 is 1.25 bits per heavy atom. The van der Waals surface area contributed by atoms with Crippen molar-refractivity contribution in [2.75, 3.05) is 28.2 Å². The van der Waals surface area contributed by atoms with Gasteiger partial charge in [-0.1, -0.05) is 34.7 Å². The number of rotatable bonds is 6. The quantitative estimate of drug-likeness (QED) is 0.611. The van der Waals surface area contributed by atoms with E-state index in [1.54, 1.807) is 0 Å². The van der Waals surface area contributed by atoms with Crippen LogP contribution >= 0.6 is 0 Å². The molecular formula is C14H22N8O2.